The molecule has 0 bridgehead atoms. The van der Waals surface area contributed by atoms with Crippen molar-refractivity contribution in [2.24, 2.45) is 0 Å². The molecule has 5 nitrogen and oxygen atoms in total. The molecule has 0 saturated carbocycles. The van der Waals surface area contributed by atoms with E-state index in [1.165, 1.54) is 7.11 Å². The SMILES string of the molecule is COc1cccc(C(=CS(=O)(=O)c2ccc(C)cc2)C2(c3ccccc3)CCCS2(=O)=O)c1. The Morgan fingerprint density at radius 2 is 1.67 bits per heavy atom. The van der Waals surface area contributed by atoms with Crippen molar-refractivity contribution < 1.29 is 21.6 Å². The van der Waals surface area contributed by atoms with E-state index >= 15 is 0 Å². The number of hydrogen-bond donors (Lipinski definition) is 0. The summed E-state index contributed by atoms with van der Waals surface area (Å²) in [5.74, 6) is 0.512. The molecular formula is C26H26O5S2. The van der Waals surface area contributed by atoms with Crippen LogP contribution in [0.15, 0.2) is 89.2 Å². The Kier molecular flexibility index (Phi) is 6.20. The van der Waals surface area contributed by atoms with Gasteiger partial charge in [0.1, 0.15) is 10.5 Å². The first-order chi connectivity index (χ1) is 15.7. The van der Waals surface area contributed by atoms with Crippen molar-refractivity contribution in [3.05, 3.63) is 101 Å². The molecule has 1 aliphatic heterocycles. The highest BCUT2D eigenvalue weighted by Gasteiger charge is 2.52. The lowest BCUT2D eigenvalue weighted by Gasteiger charge is -2.32. The number of rotatable bonds is 6. The highest BCUT2D eigenvalue weighted by molar-refractivity contribution is 7.95. The Hall–Kier alpha value is -2.90. The van der Waals surface area contributed by atoms with E-state index in [0.29, 0.717) is 29.7 Å². The van der Waals surface area contributed by atoms with E-state index in [-0.39, 0.29) is 16.2 Å². The van der Waals surface area contributed by atoms with E-state index < -0.39 is 24.4 Å². The Morgan fingerprint density at radius 3 is 2.27 bits per heavy atom. The minimum absolute atomic E-state index is 0.00617. The number of benzene rings is 3. The summed E-state index contributed by atoms with van der Waals surface area (Å²) >= 11 is 0. The van der Waals surface area contributed by atoms with Crippen LogP contribution in [-0.4, -0.2) is 29.7 Å². The fraction of sp³-hybridized carbons (Fsp3) is 0.231. The average molecular weight is 483 g/mol. The fourth-order valence-corrected chi connectivity index (χ4v) is 8.18. The van der Waals surface area contributed by atoms with Crippen LogP contribution >= 0.6 is 0 Å². The summed E-state index contributed by atoms with van der Waals surface area (Å²) < 4.78 is 58.2. The van der Waals surface area contributed by atoms with Gasteiger partial charge in [-0.2, -0.15) is 0 Å². The van der Waals surface area contributed by atoms with E-state index in [4.69, 9.17) is 4.74 Å². The van der Waals surface area contributed by atoms with Gasteiger partial charge in [-0.1, -0.05) is 60.2 Å². The Bertz CT molecular complexity index is 1390. The summed E-state index contributed by atoms with van der Waals surface area (Å²) in [7, 11) is -6.13. The maximum Gasteiger partial charge on any atom is 0.200 e. The highest BCUT2D eigenvalue weighted by Crippen LogP contribution is 2.51. The zero-order chi connectivity index (χ0) is 23.7. The lowest BCUT2D eigenvalue weighted by molar-refractivity contribution is 0.414. The zero-order valence-electron chi connectivity index (χ0n) is 18.6. The van der Waals surface area contributed by atoms with E-state index in [9.17, 15) is 16.8 Å². The molecule has 0 N–H and O–H groups in total. The predicted molar refractivity (Wildman–Crippen MR) is 130 cm³/mol. The summed E-state index contributed by atoms with van der Waals surface area (Å²) in [4.78, 5) is 0.118. The molecule has 0 amide bonds. The molecule has 0 spiro atoms. The summed E-state index contributed by atoms with van der Waals surface area (Å²) in [6, 6.07) is 22.3. The number of sulfone groups is 2. The van der Waals surface area contributed by atoms with Crippen molar-refractivity contribution >= 4 is 25.2 Å². The van der Waals surface area contributed by atoms with E-state index in [1.807, 2.05) is 13.0 Å². The topological polar surface area (TPSA) is 77.5 Å². The van der Waals surface area contributed by atoms with Crippen LogP contribution in [0.2, 0.25) is 0 Å². The Balaban J connectivity index is 2.06. The third kappa shape index (κ3) is 4.23. The number of methoxy groups -OCH3 is 1. The molecule has 0 aromatic heterocycles. The second-order valence-corrected chi connectivity index (χ2v) is 12.4. The van der Waals surface area contributed by atoms with Crippen molar-refractivity contribution in [3.8, 4) is 5.75 Å². The molecule has 7 heteroatoms. The van der Waals surface area contributed by atoms with Crippen LogP contribution in [0.25, 0.3) is 5.57 Å². The third-order valence-corrected chi connectivity index (χ3v) is 10.2. The minimum atomic E-state index is -3.95. The maximum absolute atomic E-state index is 13.7. The molecule has 1 atom stereocenters. The van der Waals surface area contributed by atoms with Crippen LogP contribution < -0.4 is 4.74 Å². The molecule has 33 heavy (non-hydrogen) atoms. The van der Waals surface area contributed by atoms with Crippen LogP contribution in [-0.2, 0) is 24.4 Å². The normalized spacial score (nSPS) is 20.5. The molecule has 1 aliphatic rings. The quantitative estimate of drug-likeness (QED) is 0.498. The molecular weight excluding hydrogens is 456 g/mol. The smallest absolute Gasteiger partial charge is 0.200 e. The number of hydrogen-bond acceptors (Lipinski definition) is 5. The van der Waals surface area contributed by atoms with E-state index in [1.54, 1.807) is 72.8 Å². The Morgan fingerprint density at radius 1 is 0.970 bits per heavy atom. The van der Waals surface area contributed by atoms with Crippen LogP contribution in [0.4, 0.5) is 0 Å². The monoisotopic (exact) mass is 482 g/mol. The molecule has 172 valence electrons. The zero-order valence-corrected chi connectivity index (χ0v) is 20.2. The molecule has 3 aromatic rings. The van der Waals surface area contributed by atoms with Gasteiger partial charge in [-0.15, -0.1) is 0 Å². The van der Waals surface area contributed by atoms with Gasteiger partial charge < -0.3 is 4.74 Å². The first-order valence-electron chi connectivity index (χ1n) is 10.7. The number of aryl methyl sites for hydroxylation is 1. The second-order valence-electron chi connectivity index (χ2n) is 8.24. The van der Waals surface area contributed by atoms with Crippen LogP contribution in [0.3, 0.4) is 0 Å². The molecule has 1 unspecified atom stereocenters. The molecule has 1 heterocycles. The number of ether oxygens (including phenoxy) is 1. The van der Waals surface area contributed by atoms with Gasteiger partial charge in [0.05, 0.1) is 17.8 Å². The lowest BCUT2D eigenvalue weighted by Crippen LogP contribution is -2.34. The largest absolute Gasteiger partial charge is 0.497 e. The van der Waals surface area contributed by atoms with Crippen molar-refractivity contribution in [2.75, 3.05) is 12.9 Å². The van der Waals surface area contributed by atoms with Gasteiger partial charge in [0.2, 0.25) is 0 Å². The predicted octanol–water partition coefficient (Wildman–Crippen LogP) is 4.92. The molecule has 0 aliphatic carbocycles. The van der Waals surface area contributed by atoms with Gasteiger partial charge in [-0.3, -0.25) is 0 Å². The lowest BCUT2D eigenvalue weighted by atomic mass is 9.83. The standard InChI is InChI=1S/C26H26O5S2/c1-20-12-14-24(15-13-20)32(27,28)19-25(21-8-6-11-23(18-21)31-2)26(16-7-17-33(26,29)30)22-9-4-3-5-10-22/h3-6,8-15,18-19H,7,16-17H2,1-2H3. The fourth-order valence-electron chi connectivity index (χ4n) is 4.47. The van der Waals surface area contributed by atoms with Gasteiger partial charge in [-0.05, 0) is 60.7 Å². The minimum Gasteiger partial charge on any atom is -0.497 e. The van der Waals surface area contributed by atoms with Gasteiger partial charge in [-0.25, -0.2) is 16.8 Å². The molecule has 1 saturated heterocycles. The van der Waals surface area contributed by atoms with Gasteiger partial charge >= 0.3 is 0 Å². The van der Waals surface area contributed by atoms with Gasteiger partial charge in [0.25, 0.3) is 0 Å². The summed E-state index contributed by atoms with van der Waals surface area (Å²) in [6.45, 7) is 1.88. The van der Waals surface area contributed by atoms with Crippen LogP contribution in [0.5, 0.6) is 5.75 Å². The third-order valence-electron chi connectivity index (χ3n) is 6.15. The van der Waals surface area contributed by atoms with E-state index in [0.717, 1.165) is 11.0 Å². The van der Waals surface area contributed by atoms with Crippen LogP contribution in [0.1, 0.15) is 29.5 Å². The van der Waals surface area contributed by atoms with Gasteiger partial charge in [0.15, 0.2) is 19.7 Å². The summed E-state index contributed by atoms with van der Waals surface area (Å²) in [5, 5.41) is 1.14. The highest BCUT2D eigenvalue weighted by atomic mass is 32.2. The molecule has 4 rings (SSSR count). The van der Waals surface area contributed by atoms with Crippen molar-refractivity contribution in [1.82, 2.24) is 0 Å². The average Bonchev–Trinajstić information content (AvgIpc) is 3.13. The van der Waals surface area contributed by atoms with Crippen molar-refractivity contribution in [3.63, 3.8) is 0 Å². The first kappa shape index (κ1) is 23.3. The molecule has 0 radical (unpaired) electrons. The summed E-state index contributed by atoms with van der Waals surface area (Å²) in [5.41, 5.74) is 2.24. The van der Waals surface area contributed by atoms with Crippen molar-refractivity contribution in [2.45, 2.75) is 29.4 Å². The first-order valence-corrected chi connectivity index (χ1v) is 13.9. The summed E-state index contributed by atoms with van der Waals surface area (Å²) in [6.07, 6.45) is 0.745. The van der Waals surface area contributed by atoms with Crippen LogP contribution in [0, 0.1) is 6.92 Å². The van der Waals surface area contributed by atoms with Gasteiger partial charge in [0, 0.05) is 5.41 Å². The Labute approximate surface area is 195 Å². The second kappa shape index (κ2) is 8.80. The molecule has 3 aromatic carbocycles. The van der Waals surface area contributed by atoms with E-state index in [2.05, 4.69) is 0 Å². The maximum atomic E-state index is 13.7. The van der Waals surface area contributed by atoms with Crippen molar-refractivity contribution in [1.29, 1.82) is 0 Å². The molecule has 1 fully saturated rings.